The van der Waals surface area contributed by atoms with Crippen molar-refractivity contribution in [3.63, 3.8) is 0 Å². The lowest BCUT2D eigenvalue weighted by Crippen LogP contribution is -2.25. The average molecular weight is 368 g/mol. The van der Waals surface area contributed by atoms with Crippen LogP contribution >= 0.6 is 11.8 Å². The lowest BCUT2D eigenvalue weighted by atomic mass is 10.2. The molecule has 0 aliphatic rings. The quantitative estimate of drug-likeness (QED) is 0.754. The highest BCUT2D eigenvalue weighted by atomic mass is 32.2. The van der Waals surface area contributed by atoms with Crippen molar-refractivity contribution in [3.05, 3.63) is 41.5 Å². The zero-order chi connectivity index (χ0) is 19.1. The number of H-pyrrole nitrogens is 1. The molecule has 0 aliphatic heterocycles. The highest BCUT2D eigenvalue weighted by Crippen LogP contribution is 2.28. The Balaban J connectivity index is 2.17. The second-order valence-corrected chi connectivity index (χ2v) is 6.59. The number of amides is 1. The summed E-state index contributed by atoms with van der Waals surface area (Å²) in [7, 11) is 0. The molecular formula is C18H18N5O2S+. The fraction of sp³-hybridized carbons (Fsp3) is 0.222. The van der Waals surface area contributed by atoms with Gasteiger partial charge in [-0.1, -0.05) is 23.9 Å². The summed E-state index contributed by atoms with van der Waals surface area (Å²) in [5.41, 5.74) is 6.79. The predicted octanol–water partition coefficient (Wildman–Crippen LogP) is 2.34. The fourth-order valence-corrected chi connectivity index (χ4v) is 3.05. The zero-order valence-corrected chi connectivity index (χ0v) is 15.2. The van der Waals surface area contributed by atoms with E-state index in [0.29, 0.717) is 23.1 Å². The second kappa shape index (κ2) is 8.75. The molecule has 0 radical (unpaired) electrons. The van der Waals surface area contributed by atoms with E-state index in [1.54, 1.807) is 25.1 Å². The van der Waals surface area contributed by atoms with Crippen molar-refractivity contribution in [1.29, 1.82) is 10.5 Å². The number of pyridine rings is 1. The molecule has 1 amide bonds. The lowest BCUT2D eigenvalue weighted by molar-refractivity contribution is -0.410. The molecule has 132 valence electrons. The summed E-state index contributed by atoms with van der Waals surface area (Å²) in [5, 5.41) is 21.0. The first kappa shape index (κ1) is 19.1. The van der Waals surface area contributed by atoms with Crippen molar-refractivity contribution < 1.29 is 14.5 Å². The van der Waals surface area contributed by atoms with Gasteiger partial charge < -0.3 is 10.1 Å². The summed E-state index contributed by atoms with van der Waals surface area (Å²) in [6.07, 6.45) is 0. The maximum atomic E-state index is 12.5. The van der Waals surface area contributed by atoms with E-state index in [4.69, 9.17) is 15.7 Å². The van der Waals surface area contributed by atoms with E-state index in [9.17, 15) is 10.1 Å². The first-order valence-electron chi connectivity index (χ1n) is 7.85. The molecule has 0 bridgehead atoms. The van der Waals surface area contributed by atoms with Gasteiger partial charge in [-0.05, 0) is 32.0 Å². The maximum Gasteiger partial charge on any atom is 0.289 e. The number of carbonyl (C=O) groups is 1. The summed E-state index contributed by atoms with van der Waals surface area (Å²) in [6, 6.07) is 12.5. The van der Waals surface area contributed by atoms with Crippen molar-refractivity contribution in [1.82, 2.24) is 0 Å². The van der Waals surface area contributed by atoms with Gasteiger partial charge in [0.1, 0.15) is 29.0 Å². The largest absolute Gasteiger partial charge is 0.492 e. The van der Waals surface area contributed by atoms with Crippen LogP contribution in [-0.2, 0) is 4.79 Å². The maximum absolute atomic E-state index is 12.5. The Bertz CT molecular complexity index is 901. The first-order chi connectivity index (χ1) is 12.5. The molecule has 1 atom stereocenters. The Hall–Kier alpha value is -3.23. The van der Waals surface area contributed by atoms with Gasteiger partial charge in [-0.15, -0.1) is 0 Å². The van der Waals surface area contributed by atoms with Crippen LogP contribution in [0.25, 0.3) is 0 Å². The van der Waals surface area contributed by atoms with Crippen LogP contribution in [0.1, 0.15) is 25.0 Å². The van der Waals surface area contributed by atoms with E-state index >= 15 is 0 Å². The number of para-hydroxylation sites is 2. The molecule has 4 N–H and O–H groups in total. The van der Waals surface area contributed by atoms with Crippen LogP contribution in [0.3, 0.4) is 0 Å². The van der Waals surface area contributed by atoms with Gasteiger partial charge in [0.05, 0.1) is 17.5 Å². The van der Waals surface area contributed by atoms with Gasteiger partial charge in [0.2, 0.25) is 5.91 Å². The molecule has 26 heavy (non-hydrogen) atoms. The predicted molar refractivity (Wildman–Crippen MR) is 98.4 cm³/mol. The number of nitrogens with two attached hydrogens (primary N) is 1. The van der Waals surface area contributed by atoms with Crippen LogP contribution in [0.2, 0.25) is 0 Å². The summed E-state index contributed by atoms with van der Waals surface area (Å²) in [5.74, 6) is 0.498. The van der Waals surface area contributed by atoms with Crippen LogP contribution < -0.4 is 20.8 Å². The normalized spacial score (nSPS) is 11.1. The van der Waals surface area contributed by atoms with Crippen LogP contribution in [0.5, 0.6) is 5.75 Å². The van der Waals surface area contributed by atoms with E-state index in [-0.39, 0.29) is 22.9 Å². The number of nitrogens with one attached hydrogen (secondary N) is 2. The van der Waals surface area contributed by atoms with E-state index in [2.05, 4.69) is 10.3 Å². The zero-order valence-electron chi connectivity index (χ0n) is 14.4. The van der Waals surface area contributed by atoms with E-state index < -0.39 is 5.25 Å². The highest BCUT2D eigenvalue weighted by Gasteiger charge is 2.22. The number of nitrogens with zero attached hydrogens (tertiary/aromatic N) is 2. The summed E-state index contributed by atoms with van der Waals surface area (Å²) >= 11 is 1.15. The molecule has 1 aromatic carbocycles. The minimum atomic E-state index is -0.514. The van der Waals surface area contributed by atoms with Gasteiger partial charge in [0, 0.05) is 0 Å². The molecular weight excluding hydrogens is 350 g/mol. The first-order valence-corrected chi connectivity index (χ1v) is 8.73. The summed E-state index contributed by atoms with van der Waals surface area (Å²) in [4.78, 5) is 15.3. The van der Waals surface area contributed by atoms with Gasteiger partial charge in [-0.2, -0.15) is 10.5 Å². The minimum absolute atomic E-state index is 0.156. The number of carbonyl (C=O) groups excluding carboxylic acids is 1. The molecule has 1 aromatic heterocycles. The van der Waals surface area contributed by atoms with Gasteiger partial charge in [-0.3, -0.25) is 10.5 Å². The third-order valence-corrected chi connectivity index (χ3v) is 4.55. The molecule has 1 heterocycles. The Morgan fingerprint density at radius 3 is 2.69 bits per heavy atom. The number of thioether (sulfide) groups is 1. The number of benzene rings is 1. The van der Waals surface area contributed by atoms with Crippen molar-refractivity contribution in [2.45, 2.75) is 24.1 Å². The van der Waals surface area contributed by atoms with Gasteiger partial charge >= 0.3 is 0 Å². The van der Waals surface area contributed by atoms with Crippen molar-refractivity contribution >= 4 is 29.2 Å². The smallest absolute Gasteiger partial charge is 0.289 e. The average Bonchev–Trinajstić information content (AvgIpc) is 2.63. The number of aromatic amines is 1. The molecule has 2 rings (SSSR count). The monoisotopic (exact) mass is 368 g/mol. The van der Waals surface area contributed by atoms with Crippen molar-refractivity contribution in [2.75, 3.05) is 17.7 Å². The fourth-order valence-electron chi connectivity index (χ4n) is 2.13. The number of hydrogen-bond acceptors (Lipinski definition) is 6. The number of rotatable bonds is 6. The molecule has 7 nitrogen and oxygen atoms in total. The Kier molecular flexibility index (Phi) is 6.42. The molecule has 0 unspecified atom stereocenters. The molecule has 0 saturated carbocycles. The highest BCUT2D eigenvalue weighted by molar-refractivity contribution is 8.00. The number of aromatic nitrogens is 1. The third kappa shape index (κ3) is 4.44. The molecule has 0 spiro atoms. The summed E-state index contributed by atoms with van der Waals surface area (Å²) < 4.78 is 5.50. The molecule has 0 saturated heterocycles. The van der Waals surface area contributed by atoms with Crippen molar-refractivity contribution in [3.8, 4) is 17.9 Å². The van der Waals surface area contributed by atoms with Gasteiger partial charge in [-0.25, -0.2) is 4.98 Å². The molecule has 0 aliphatic carbocycles. The SMILES string of the molecule is CCOc1ccccc1NC(=O)[C@@H](C)Sc1[nH+]c(N)c(C#N)cc1C#N. The third-order valence-electron chi connectivity index (χ3n) is 3.42. The summed E-state index contributed by atoms with van der Waals surface area (Å²) in [6.45, 7) is 4.07. The van der Waals surface area contributed by atoms with E-state index in [0.717, 1.165) is 11.8 Å². The standard InChI is InChI=1S/C18H17N5O2S/c1-3-25-15-7-5-4-6-14(15)22-17(24)11(2)26-18-13(10-20)8-12(9-19)16(21)23-18/h4-8,11H,3H2,1-2H3,(H2,21,23)(H,22,24)/p+1/t11-/m1/s1. The van der Waals surface area contributed by atoms with Crippen LogP contribution in [0.4, 0.5) is 11.5 Å². The van der Waals surface area contributed by atoms with Crippen LogP contribution in [-0.4, -0.2) is 17.8 Å². The Labute approximate surface area is 155 Å². The number of ether oxygens (including phenoxy) is 1. The molecule has 0 fully saturated rings. The lowest BCUT2D eigenvalue weighted by Gasteiger charge is -2.14. The molecule has 8 heteroatoms. The van der Waals surface area contributed by atoms with Gasteiger partial charge in [0.25, 0.3) is 5.82 Å². The topological polar surface area (TPSA) is 126 Å². The Morgan fingerprint density at radius 2 is 2.04 bits per heavy atom. The van der Waals surface area contributed by atoms with E-state index in [1.807, 2.05) is 25.1 Å². The van der Waals surface area contributed by atoms with Crippen LogP contribution in [0.15, 0.2) is 35.4 Å². The second-order valence-electron chi connectivity index (χ2n) is 5.24. The van der Waals surface area contributed by atoms with E-state index in [1.165, 1.54) is 6.07 Å². The number of nitrogen functional groups attached to an aromatic ring is 1. The number of nitriles is 2. The van der Waals surface area contributed by atoms with Crippen molar-refractivity contribution in [2.24, 2.45) is 0 Å². The number of anilines is 2. The Morgan fingerprint density at radius 1 is 1.35 bits per heavy atom. The molecule has 2 aromatic rings. The van der Waals surface area contributed by atoms with Gasteiger partial charge in [0.15, 0.2) is 5.03 Å². The van der Waals surface area contributed by atoms with Crippen LogP contribution in [0, 0.1) is 22.7 Å². The number of hydrogen-bond donors (Lipinski definition) is 2. The minimum Gasteiger partial charge on any atom is -0.492 e.